The molecule has 0 aliphatic rings. The highest BCUT2D eigenvalue weighted by atomic mass is 16.5. The first kappa shape index (κ1) is 16.9. The van der Waals surface area contributed by atoms with Crippen LogP contribution in [0.2, 0.25) is 0 Å². The van der Waals surface area contributed by atoms with Gasteiger partial charge in [-0.2, -0.15) is 0 Å². The summed E-state index contributed by atoms with van der Waals surface area (Å²) in [7, 11) is 2.85. The third-order valence-corrected chi connectivity index (χ3v) is 2.46. The van der Waals surface area contributed by atoms with E-state index in [4.69, 9.17) is 4.74 Å². The van der Waals surface area contributed by atoms with Gasteiger partial charge in [0.15, 0.2) is 0 Å². The highest BCUT2D eigenvalue weighted by molar-refractivity contribution is 5.96. The van der Waals surface area contributed by atoms with Crippen LogP contribution in [0.15, 0.2) is 12.7 Å². The van der Waals surface area contributed by atoms with Crippen LogP contribution in [-0.4, -0.2) is 44.1 Å². The van der Waals surface area contributed by atoms with E-state index in [1.807, 2.05) is 6.92 Å². The van der Waals surface area contributed by atoms with E-state index < -0.39 is 23.4 Å². The van der Waals surface area contributed by atoms with Gasteiger partial charge in [0.2, 0.25) is 11.8 Å². The monoisotopic (exact) mass is 271 g/mol. The van der Waals surface area contributed by atoms with Crippen molar-refractivity contribution in [2.24, 2.45) is 0 Å². The third kappa shape index (κ3) is 4.99. The minimum atomic E-state index is -1.53. The van der Waals surface area contributed by atoms with Crippen molar-refractivity contribution in [3.63, 3.8) is 0 Å². The van der Waals surface area contributed by atoms with Gasteiger partial charge in [-0.1, -0.05) is 13.0 Å². The average Bonchev–Trinajstić information content (AvgIpc) is 2.42. The van der Waals surface area contributed by atoms with E-state index in [-0.39, 0.29) is 13.0 Å². The van der Waals surface area contributed by atoms with Gasteiger partial charge in [-0.05, 0) is 6.42 Å². The molecule has 19 heavy (non-hydrogen) atoms. The molecule has 0 saturated heterocycles. The Balaban J connectivity index is 5.02. The van der Waals surface area contributed by atoms with Gasteiger partial charge in [-0.25, -0.2) is 4.79 Å². The molecule has 7 nitrogen and oxygen atoms in total. The number of rotatable bonds is 7. The molecule has 0 aliphatic carbocycles. The van der Waals surface area contributed by atoms with Gasteiger partial charge >= 0.3 is 6.09 Å². The largest absolute Gasteiger partial charge is 0.450 e. The molecule has 0 aromatic rings. The second kappa shape index (κ2) is 8.12. The summed E-state index contributed by atoms with van der Waals surface area (Å²) in [6.07, 6.45) is 0.848. The number of alkyl carbamates (subject to hydrolysis) is 1. The van der Waals surface area contributed by atoms with Crippen LogP contribution < -0.4 is 16.0 Å². The van der Waals surface area contributed by atoms with Gasteiger partial charge in [-0.15, -0.1) is 6.58 Å². The number of likely N-dealkylation sites (N-methyl/N-ethyl adjacent to an activating group) is 1. The molecule has 3 N–H and O–H groups in total. The van der Waals surface area contributed by atoms with Crippen molar-refractivity contribution in [2.75, 3.05) is 20.7 Å². The molecule has 0 bridgehead atoms. The molecule has 7 heteroatoms. The summed E-state index contributed by atoms with van der Waals surface area (Å²) in [6, 6.07) is 0. The Morgan fingerprint density at radius 3 is 2.32 bits per heavy atom. The highest BCUT2D eigenvalue weighted by Gasteiger charge is 2.39. The van der Waals surface area contributed by atoms with E-state index in [9.17, 15) is 14.4 Å². The molecule has 0 aromatic heterocycles. The summed E-state index contributed by atoms with van der Waals surface area (Å²) in [6.45, 7) is 5.59. The SMILES string of the molecule is C=CC(CC(=O)NC)(NC(=O)OCCC)C(=O)NC. The Labute approximate surface area is 112 Å². The van der Waals surface area contributed by atoms with E-state index in [1.165, 1.54) is 20.2 Å². The average molecular weight is 271 g/mol. The zero-order chi connectivity index (χ0) is 14.9. The number of hydrogen-bond donors (Lipinski definition) is 3. The van der Waals surface area contributed by atoms with Crippen LogP contribution in [0.25, 0.3) is 0 Å². The van der Waals surface area contributed by atoms with Crippen molar-refractivity contribution >= 4 is 17.9 Å². The molecular formula is C12H21N3O4. The smallest absolute Gasteiger partial charge is 0.408 e. The summed E-state index contributed by atoms with van der Waals surface area (Å²) >= 11 is 0. The zero-order valence-corrected chi connectivity index (χ0v) is 11.5. The predicted octanol–water partition coefficient (Wildman–Crippen LogP) is -0.0705. The first-order valence-electron chi connectivity index (χ1n) is 5.97. The number of hydrogen-bond acceptors (Lipinski definition) is 4. The molecule has 0 fully saturated rings. The fraction of sp³-hybridized carbons (Fsp3) is 0.583. The third-order valence-electron chi connectivity index (χ3n) is 2.46. The molecule has 108 valence electrons. The fourth-order valence-electron chi connectivity index (χ4n) is 1.37. The molecule has 1 atom stereocenters. The van der Waals surface area contributed by atoms with Crippen LogP contribution >= 0.6 is 0 Å². The molecule has 1 unspecified atom stereocenters. The van der Waals surface area contributed by atoms with Gasteiger partial charge < -0.3 is 20.7 Å². The zero-order valence-electron chi connectivity index (χ0n) is 11.5. The second-order valence-electron chi connectivity index (χ2n) is 3.87. The predicted molar refractivity (Wildman–Crippen MR) is 70.5 cm³/mol. The Morgan fingerprint density at radius 2 is 1.89 bits per heavy atom. The second-order valence-corrected chi connectivity index (χ2v) is 3.87. The maximum absolute atomic E-state index is 11.9. The summed E-state index contributed by atoms with van der Waals surface area (Å²) in [4.78, 5) is 34.9. The Hall–Kier alpha value is -2.05. The Morgan fingerprint density at radius 1 is 1.26 bits per heavy atom. The van der Waals surface area contributed by atoms with Crippen LogP contribution in [0.4, 0.5) is 4.79 Å². The van der Waals surface area contributed by atoms with Crippen LogP contribution in [-0.2, 0) is 14.3 Å². The number of carbonyl (C=O) groups is 3. The topological polar surface area (TPSA) is 96.5 Å². The minimum absolute atomic E-state index is 0.229. The van der Waals surface area contributed by atoms with Crippen molar-refractivity contribution in [3.8, 4) is 0 Å². The highest BCUT2D eigenvalue weighted by Crippen LogP contribution is 2.13. The molecule has 0 heterocycles. The normalized spacial score (nSPS) is 12.8. The van der Waals surface area contributed by atoms with E-state index in [0.29, 0.717) is 6.42 Å². The lowest BCUT2D eigenvalue weighted by Gasteiger charge is -2.28. The molecule has 0 aromatic carbocycles. The van der Waals surface area contributed by atoms with Gasteiger partial charge in [0, 0.05) is 14.1 Å². The summed E-state index contributed by atoms with van der Waals surface area (Å²) < 4.78 is 4.85. The van der Waals surface area contributed by atoms with Crippen molar-refractivity contribution in [1.29, 1.82) is 0 Å². The molecular weight excluding hydrogens is 250 g/mol. The number of ether oxygens (including phenoxy) is 1. The lowest BCUT2D eigenvalue weighted by molar-refractivity contribution is -0.130. The maximum Gasteiger partial charge on any atom is 0.408 e. The van der Waals surface area contributed by atoms with Crippen LogP contribution in [0.3, 0.4) is 0 Å². The first-order chi connectivity index (χ1) is 8.95. The van der Waals surface area contributed by atoms with E-state index in [1.54, 1.807) is 0 Å². The summed E-state index contributed by atoms with van der Waals surface area (Å²) in [5.41, 5.74) is -1.53. The quantitative estimate of drug-likeness (QED) is 0.565. The van der Waals surface area contributed by atoms with Gasteiger partial charge in [0.25, 0.3) is 0 Å². The van der Waals surface area contributed by atoms with Crippen LogP contribution in [0.1, 0.15) is 19.8 Å². The van der Waals surface area contributed by atoms with E-state index >= 15 is 0 Å². The number of nitrogens with one attached hydrogen (secondary N) is 3. The van der Waals surface area contributed by atoms with Gasteiger partial charge in [0.1, 0.15) is 5.54 Å². The van der Waals surface area contributed by atoms with Crippen LogP contribution in [0.5, 0.6) is 0 Å². The Kier molecular flexibility index (Phi) is 7.25. The Bertz CT molecular complexity index is 357. The maximum atomic E-state index is 11.9. The van der Waals surface area contributed by atoms with E-state index in [0.717, 1.165) is 0 Å². The molecule has 0 aliphatic heterocycles. The van der Waals surface area contributed by atoms with Crippen molar-refractivity contribution < 1.29 is 19.1 Å². The van der Waals surface area contributed by atoms with Gasteiger partial charge in [0.05, 0.1) is 13.0 Å². The number of carbonyl (C=O) groups excluding carboxylic acids is 3. The van der Waals surface area contributed by atoms with Crippen molar-refractivity contribution in [2.45, 2.75) is 25.3 Å². The lowest BCUT2D eigenvalue weighted by atomic mass is 9.93. The lowest BCUT2D eigenvalue weighted by Crippen LogP contribution is -2.58. The molecule has 0 saturated carbocycles. The van der Waals surface area contributed by atoms with Crippen molar-refractivity contribution in [3.05, 3.63) is 12.7 Å². The first-order valence-corrected chi connectivity index (χ1v) is 5.97. The summed E-state index contributed by atoms with van der Waals surface area (Å²) in [5.74, 6) is -0.946. The molecule has 0 spiro atoms. The van der Waals surface area contributed by atoms with E-state index in [2.05, 4.69) is 22.5 Å². The van der Waals surface area contributed by atoms with Gasteiger partial charge in [-0.3, -0.25) is 9.59 Å². The van der Waals surface area contributed by atoms with Crippen LogP contribution in [0, 0.1) is 0 Å². The minimum Gasteiger partial charge on any atom is -0.450 e. The molecule has 0 rings (SSSR count). The molecule has 0 radical (unpaired) electrons. The number of amides is 3. The fourth-order valence-corrected chi connectivity index (χ4v) is 1.37. The standard InChI is InChI=1S/C12H21N3O4/c1-5-7-19-11(18)15-12(6-2,10(17)14-4)8-9(16)13-3/h6H,2,5,7-8H2,1,3-4H3,(H,13,16)(H,14,17)(H,15,18). The van der Waals surface area contributed by atoms with Crippen molar-refractivity contribution in [1.82, 2.24) is 16.0 Å². The summed E-state index contributed by atoms with van der Waals surface area (Å²) in [5, 5.41) is 7.16. The molecule has 3 amide bonds.